The van der Waals surface area contributed by atoms with Crippen molar-refractivity contribution in [2.75, 3.05) is 16.3 Å². The molecule has 0 saturated heterocycles. The molecule has 57 heavy (non-hydrogen) atoms. The lowest BCUT2D eigenvalue weighted by Gasteiger charge is -2.35. The van der Waals surface area contributed by atoms with Crippen LogP contribution in [0.25, 0.3) is 33.0 Å². The van der Waals surface area contributed by atoms with Gasteiger partial charge in [0, 0.05) is 34.7 Å². The molecular formula is C55H40N2. The number of rotatable bonds is 7. The third-order valence-corrected chi connectivity index (χ3v) is 12.2. The fraction of sp³-hybridized carbons (Fsp3) is 0.0545. The van der Waals surface area contributed by atoms with Crippen LogP contribution in [-0.4, -0.2) is 6.54 Å². The van der Waals surface area contributed by atoms with E-state index in [-0.39, 0.29) is 0 Å². The van der Waals surface area contributed by atoms with Gasteiger partial charge in [0.05, 0.1) is 11.1 Å². The van der Waals surface area contributed by atoms with Gasteiger partial charge in [-0.25, -0.2) is 0 Å². The zero-order valence-electron chi connectivity index (χ0n) is 31.6. The number of benzene rings is 9. The quantitative estimate of drug-likeness (QED) is 0.161. The molecule has 1 aliphatic carbocycles. The number of hydrogen-bond acceptors (Lipinski definition) is 2. The third kappa shape index (κ3) is 5.33. The van der Waals surface area contributed by atoms with E-state index in [1.54, 1.807) is 0 Å². The van der Waals surface area contributed by atoms with Crippen LogP contribution >= 0.6 is 0 Å². The molecule has 0 N–H and O–H groups in total. The Morgan fingerprint density at radius 2 is 1.04 bits per heavy atom. The van der Waals surface area contributed by atoms with Crippen LogP contribution in [0.1, 0.15) is 27.8 Å². The molecule has 9 aromatic carbocycles. The second kappa shape index (κ2) is 13.5. The van der Waals surface area contributed by atoms with Crippen molar-refractivity contribution in [3.63, 3.8) is 0 Å². The second-order valence-corrected chi connectivity index (χ2v) is 15.2. The summed E-state index contributed by atoms with van der Waals surface area (Å²) in [6, 6.07) is 80.5. The highest BCUT2D eigenvalue weighted by Crippen LogP contribution is 2.57. The van der Waals surface area contributed by atoms with Crippen LogP contribution in [0.15, 0.2) is 218 Å². The largest absolute Gasteiger partial charge is 0.341 e. The van der Waals surface area contributed by atoms with E-state index < -0.39 is 5.41 Å². The van der Waals surface area contributed by atoms with Crippen LogP contribution in [0.5, 0.6) is 0 Å². The first-order valence-corrected chi connectivity index (χ1v) is 20.0. The van der Waals surface area contributed by atoms with Gasteiger partial charge in [-0.2, -0.15) is 0 Å². The number of para-hydroxylation sites is 1. The van der Waals surface area contributed by atoms with E-state index in [1.165, 1.54) is 72.2 Å². The Hall–Kier alpha value is -7.16. The van der Waals surface area contributed by atoms with E-state index >= 15 is 0 Å². The third-order valence-electron chi connectivity index (χ3n) is 12.2. The lowest BCUT2D eigenvalue weighted by Crippen LogP contribution is -2.28. The molecule has 1 heterocycles. The summed E-state index contributed by atoms with van der Waals surface area (Å²) < 4.78 is 0. The zero-order chi connectivity index (χ0) is 37.8. The van der Waals surface area contributed by atoms with Crippen LogP contribution in [0.3, 0.4) is 0 Å². The Bertz CT molecular complexity index is 2850. The highest BCUT2D eigenvalue weighted by Gasteiger charge is 2.46. The molecule has 0 unspecified atom stereocenters. The molecule has 9 aromatic rings. The monoisotopic (exact) mass is 728 g/mol. The minimum atomic E-state index is -0.484. The van der Waals surface area contributed by atoms with Crippen molar-refractivity contribution in [1.82, 2.24) is 0 Å². The van der Waals surface area contributed by atoms with Crippen molar-refractivity contribution in [2.45, 2.75) is 11.8 Å². The lowest BCUT2D eigenvalue weighted by molar-refractivity contribution is 0.768. The van der Waals surface area contributed by atoms with Gasteiger partial charge in [0.25, 0.3) is 0 Å². The van der Waals surface area contributed by atoms with Gasteiger partial charge in [0.1, 0.15) is 0 Å². The van der Waals surface area contributed by atoms with Crippen molar-refractivity contribution >= 4 is 39.2 Å². The summed E-state index contributed by atoms with van der Waals surface area (Å²) in [5, 5.41) is 2.43. The molecule has 0 atom stereocenters. The minimum absolute atomic E-state index is 0.484. The zero-order valence-corrected chi connectivity index (χ0v) is 31.6. The Morgan fingerprint density at radius 3 is 1.81 bits per heavy atom. The highest BCUT2D eigenvalue weighted by atomic mass is 15.2. The van der Waals surface area contributed by atoms with E-state index in [4.69, 9.17) is 0 Å². The van der Waals surface area contributed by atoms with E-state index in [0.717, 1.165) is 30.0 Å². The average molecular weight is 729 g/mol. The van der Waals surface area contributed by atoms with Crippen LogP contribution < -0.4 is 9.80 Å². The maximum absolute atomic E-state index is 2.46. The Morgan fingerprint density at radius 1 is 0.439 bits per heavy atom. The van der Waals surface area contributed by atoms with E-state index in [1.807, 2.05) is 0 Å². The SMILES string of the molecule is c1ccc(C2(c3ccccc3)c3ccccc3-c3ccc(N(c4ccc(-c5ccc(N6CCc7ccccc76)cc5)cc4)c4cccc5ccccc45)cc32)cc1. The second-order valence-electron chi connectivity index (χ2n) is 15.2. The van der Waals surface area contributed by atoms with E-state index in [2.05, 4.69) is 228 Å². The first kappa shape index (κ1) is 33.2. The lowest BCUT2D eigenvalue weighted by atomic mass is 9.67. The molecule has 11 rings (SSSR count). The molecule has 0 saturated carbocycles. The number of anilines is 5. The molecule has 0 bridgehead atoms. The van der Waals surface area contributed by atoms with Crippen molar-refractivity contribution in [3.05, 3.63) is 246 Å². The first-order chi connectivity index (χ1) is 28.3. The van der Waals surface area contributed by atoms with Gasteiger partial charge in [-0.3, -0.25) is 0 Å². The maximum atomic E-state index is 2.46. The Balaban J connectivity index is 1.06. The first-order valence-electron chi connectivity index (χ1n) is 20.0. The normalized spacial score (nSPS) is 13.6. The van der Waals surface area contributed by atoms with Gasteiger partial charge >= 0.3 is 0 Å². The maximum Gasteiger partial charge on any atom is 0.0714 e. The summed E-state index contributed by atoms with van der Waals surface area (Å²) in [4.78, 5) is 4.88. The summed E-state index contributed by atoms with van der Waals surface area (Å²) in [5.41, 5.74) is 17.0. The molecule has 1 aliphatic heterocycles. The van der Waals surface area contributed by atoms with Gasteiger partial charge in [0.15, 0.2) is 0 Å². The van der Waals surface area contributed by atoms with Crippen molar-refractivity contribution in [3.8, 4) is 22.3 Å². The predicted octanol–water partition coefficient (Wildman–Crippen LogP) is 14.0. The van der Waals surface area contributed by atoms with Gasteiger partial charge in [0.2, 0.25) is 0 Å². The minimum Gasteiger partial charge on any atom is -0.341 e. The molecule has 2 aliphatic rings. The van der Waals surface area contributed by atoms with Gasteiger partial charge < -0.3 is 9.80 Å². The molecular weight excluding hydrogens is 689 g/mol. The standard InChI is InChI=1S/C55H40N2/c1-3-17-43(18-4-1)55(44-19-5-2-6-20-44)51-23-11-10-22-49(51)50-35-34-47(38-52(50)55)57(54-25-13-16-41-14-7-9-21-48(41)54)46-32-28-40(29-33-46)39-26-30-45(31-27-39)56-37-36-42-15-8-12-24-53(42)56/h1-35,38H,36-37H2. The summed E-state index contributed by atoms with van der Waals surface area (Å²) >= 11 is 0. The number of nitrogens with zero attached hydrogens (tertiary/aromatic N) is 2. The van der Waals surface area contributed by atoms with Crippen LogP contribution in [0.4, 0.5) is 28.4 Å². The van der Waals surface area contributed by atoms with Crippen molar-refractivity contribution in [2.24, 2.45) is 0 Å². The topological polar surface area (TPSA) is 6.48 Å². The van der Waals surface area contributed by atoms with Crippen molar-refractivity contribution < 1.29 is 0 Å². The molecule has 2 nitrogen and oxygen atoms in total. The van der Waals surface area contributed by atoms with Crippen LogP contribution in [-0.2, 0) is 11.8 Å². The molecule has 0 amide bonds. The van der Waals surface area contributed by atoms with E-state index in [9.17, 15) is 0 Å². The number of fused-ring (bicyclic) bond motifs is 5. The summed E-state index contributed by atoms with van der Waals surface area (Å²) in [5.74, 6) is 0. The van der Waals surface area contributed by atoms with Gasteiger partial charge in [-0.05, 0) is 110 Å². The predicted molar refractivity (Wildman–Crippen MR) is 239 cm³/mol. The molecule has 0 radical (unpaired) electrons. The molecule has 270 valence electrons. The summed E-state index contributed by atoms with van der Waals surface area (Å²) in [6.07, 6.45) is 1.09. The van der Waals surface area contributed by atoms with E-state index in [0.29, 0.717) is 0 Å². The number of hydrogen-bond donors (Lipinski definition) is 0. The molecule has 0 fully saturated rings. The fourth-order valence-electron chi connectivity index (χ4n) is 9.65. The highest BCUT2D eigenvalue weighted by molar-refractivity contribution is 6.00. The van der Waals surface area contributed by atoms with Gasteiger partial charge in [-0.1, -0.05) is 170 Å². The molecule has 0 spiro atoms. The van der Waals surface area contributed by atoms with Crippen LogP contribution in [0, 0.1) is 0 Å². The summed E-state index contributed by atoms with van der Waals surface area (Å²) in [7, 11) is 0. The van der Waals surface area contributed by atoms with Crippen LogP contribution in [0.2, 0.25) is 0 Å². The smallest absolute Gasteiger partial charge is 0.0714 e. The fourth-order valence-corrected chi connectivity index (χ4v) is 9.65. The Kier molecular flexibility index (Phi) is 7.89. The molecule has 2 heteroatoms. The van der Waals surface area contributed by atoms with Crippen molar-refractivity contribution in [1.29, 1.82) is 0 Å². The molecule has 0 aromatic heterocycles. The summed E-state index contributed by atoms with van der Waals surface area (Å²) in [6.45, 7) is 1.02. The Labute approximate surface area is 334 Å². The average Bonchev–Trinajstić information content (AvgIpc) is 3.85. The van der Waals surface area contributed by atoms with Gasteiger partial charge in [-0.15, -0.1) is 0 Å².